The Balaban J connectivity index is 2.83. The highest BCUT2D eigenvalue weighted by atomic mass is 16.5. The first-order valence-electron chi connectivity index (χ1n) is 6.98. The van der Waals surface area contributed by atoms with Crippen molar-refractivity contribution in [1.82, 2.24) is 0 Å². The average molecular weight is 274 g/mol. The van der Waals surface area contributed by atoms with Gasteiger partial charge in [-0.15, -0.1) is 0 Å². The second kappa shape index (κ2) is 8.31. The van der Waals surface area contributed by atoms with Gasteiger partial charge in [-0.25, -0.2) is 4.79 Å². The molecule has 0 bridgehead atoms. The summed E-state index contributed by atoms with van der Waals surface area (Å²) in [5, 5.41) is 0. The van der Waals surface area contributed by atoms with E-state index in [1.807, 2.05) is 18.2 Å². The molecule has 3 nitrogen and oxygen atoms in total. The number of Topliss-reactive ketones (excluding diaryl/α,β-unsaturated/α-hetero) is 1. The summed E-state index contributed by atoms with van der Waals surface area (Å²) in [6.07, 6.45) is 6.01. The van der Waals surface area contributed by atoms with Gasteiger partial charge in [-0.05, 0) is 49.1 Å². The van der Waals surface area contributed by atoms with Gasteiger partial charge in [-0.3, -0.25) is 4.79 Å². The fourth-order valence-corrected chi connectivity index (χ4v) is 1.95. The van der Waals surface area contributed by atoms with E-state index in [2.05, 4.69) is 11.7 Å². The Bertz CT molecular complexity index is 483. The van der Waals surface area contributed by atoms with E-state index in [-0.39, 0.29) is 11.8 Å². The van der Waals surface area contributed by atoms with Gasteiger partial charge >= 0.3 is 5.97 Å². The van der Waals surface area contributed by atoms with Crippen LogP contribution in [0, 0.1) is 0 Å². The Morgan fingerprint density at radius 2 is 1.80 bits per heavy atom. The lowest BCUT2D eigenvalue weighted by Gasteiger charge is -2.04. The summed E-state index contributed by atoms with van der Waals surface area (Å²) >= 11 is 0. The molecule has 0 N–H and O–H groups in total. The number of unbranched alkanes of at least 4 members (excludes halogenated alkanes) is 2. The molecule has 0 spiro atoms. The SMILES string of the molecule is CCCCC/C(=C\c1ccc(C(=O)OC)cc1)C(C)=O. The molecule has 0 aliphatic rings. The summed E-state index contributed by atoms with van der Waals surface area (Å²) < 4.78 is 4.65. The van der Waals surface area contributed by atoms with Crippen LogP contribution in [0.2, 0.25) is 0 Å². The molecule has 0 atom stereocenters. The number of carbonyl (C=O) groups is 2. The second-order valence-electron chi connectivity index (χ2n) is 4.80. The van der Waals surface area contributed by atoms with Crippen molar-refractivity contribution in [3.05, 3.63) is 41.0 Å². The number of allylic oxidation sites excluding steroid dienone is 1. The smallest absolute Gasteiger partial charge is 0.337 e. The van der Waals surface area contributed by atoms with Crippen LogP contribution in [0.25, 0.3) is 6.08 Å². The minimum Gasteiger partial charge on any atom is -0.465 e. The molecule has 0 fully saturated rings. The van der Waals surface area contributed by atoms with Gasteiger partial charge in [0.15, 0.2) is 5.78 Å². The largest absolute Gasteiger partial charge is 0.465 e. The maximum absolute atomic E-state index is 11.6. The Hall–Kier alpha value is -1.90. The number of ketones is 1. The fraction of sp³-hybridized carbons (Fsp3) is 0.412. The number of rotatable bonds is 7. The van der Waals surface area contributed by atoms with Crippen LogP contribution in [-0.4, -0.2) is 18.9 Å². The van der Waals surface area contributed by atoms with Crippen LogP contribution < -0.4 is 0 Å². The van der Waals surface area contributed by atoms with Gasteiger partial charge in [0.25, 0.3) is 0 Å². The van der Waals surface area contributed by atoms with Crippen molar-refractivity contribution in [3.63, 3.8) is 0 Å². The number of ether oxygens (including phenoxy) is 1. The van der Waals surface area contributed by atoms with Crippen LogP contribution in [0.3, 0.4) is 0 Å². The number of carbonyl (C=O) groups excluding carboxylic acids is 2. The third-order valence-corrected chi connectivity index (χ3v) is 3.17. The molecule has 1 aromatic carbocycles. The molecule has 3 heteroatoms. The first-order valence-corrected chi connectivity index (χ1v) is 6.98. The molecular formula is C17H22O3. The molecule has 0 amide bonds. The van der Waals surface area contributed by atoms with Crippen molar-refractivity contribution in [2.45, 2.75) is 39.5 Å². The van der Waals surface area contributed by atoms with E-state index in [1.165, 1.54) is 7.11 Å². The fourth-order valence-electron chi connectivity index (χ4n) is 1.95. The van der Waals surface area contributed by atoms with Crippen LogP contribution in [0.15, 0.2) is 29.8 Å². The van der Waals surface area contributed by atoms with Crippen molar-refractivity contribution in [3.8, 4) is 0 Å². The van der Waals surface area contributed by atoms with Gasteiger partial charge in [0, 0.05) is 0 Å². The summed E-state index contributed by atoms with van der Waals surface area (Å²) in [5.41, 5.74) is 2.28. The maximum Gasteiger partial charge on any atom is 0.337 e. The third-order valence-electron chi connectivity index (χ3n) is 3.17. The number of benzene rings is 1. The van der Waals surface area contributed by atoms with Crippen LogP contribution in [0.5, 0.6) is 0 Å². The van der Waals surface area contributed by atoms with Crippen LogP contribution in [0.1, 0.15) is 55.5 Å². The zero-order valence-electron chi connectivity index (χ0n) is 12.4. The van der Waals surface area contributed by atoms with Crippen LogP contribution >= 0.6 is 0 Å². The molecule has 0 aliphatic heterocycles. The zero-order chi connectivity index (χ0) is 15.0. The van der Waals surface area contributed by atoms with Crippen molar-refractivity contribution >= 4 is 17.8 Å². The minimum atomic E-state index is -0.352. The summed E-state index contributed by atoms with van der Waals surface area (Å²) in [6.45, 7) is 3.74. The van der Waals surface area contributed by atoms with Gasteiger partial charge in [0.05, 0.1) is 12.7 Å². The molecular weight excluding hydrogens is 252 g/mol. The molecule has 0 radical (unpaired) electrons. The number of esters is 1. The molecule has 0 saturated heterocycles. The minimum absolute atomic E-state index is 0.109. The Kier molecular flexibility index (Phi) is 6.71. The van der Waals surface area contributed by atoms with Gasteiger partial charge < -0.3 is 4.74 Å². The van der Waals surface area contributed by atoms with Crippen LogP contribution in [-0.2, 0) is 9.53 Å². The van der Waals surface area contributed by atoms with E-state index in [0.717, 1.165) is 36.8 Å². The third kappa shape index (κ3) is 5.00. The number of methoxy groups -OCH3 is 1. The molecule has 108 valence electrons. The van der Waals surface area contributed by atoms with Crippen molar-refractivity contribution in [2.75, 3.05) is 7.11 Å². The number of hydrogen-bond donors (Lipinski definition) is 0. The van der Waals surface area contributed by atoms with Gasteiger partial charge in [-0.1, -0.05) is 31.9 Å². The van der Waals surface area contributed by atoms with Gasteiger partial charge in [-0.2, -0.15) is 0 Å². The maximum atomic E-state index is 11.6. The highest BCUT2D eigenvalue weighted by Crippen LogP contribution is 2.15. The lowest BCUT2D eigenvalue weighted by Crippen LogP contribution is -2.00. The summed E-state index contributed by atoms with van der Waals surface area (Å²) in [4.78, 5) is 23.0. The predicted molar refractivity (Wildman–Crippen MR) is 80.6 cm³/mol. The second-order valence-corrected chi connectivity index (χ2v) is 4.80. The van der Waals surface area contributed by atoms with E-state index in [4.69, 9.17) is 0 Å². The monoisotopic (exact) mass is 274 g/mol. The zero-order valence-corrected chi connectivity index (χ0v) is 12.4. The molecule has 0 heterocycles. The van der Waals surface area contributed by atoms with E-state index < -0.39 is 0 Å². The van der Waals surface area contributed by atoms with E-state index >= 15 is 0 Å². The molecule has 0 aliphatic carbocycles. The van der Waals surface area contributed by atoms with Gasteiger partial charge in [0.2, 0.25) is 0 Å². The predicted octanol–water partition coefficient (Wildman–Crippen LogP) is 4.03. The quantitative estimate of drug-likeness (QED) is 0.428. The van der Waals surface area contributed by atoms with E-state index in [1.54, 1.807) is 19.1 Å². The summed E-state index contributed by atoms with van der Waals surface area (Å²) in [7, 11) is 1.36. The summed E-state index contributed by atoms with van der Waals surface area (Å²) in [5.74, 6) is -0.242. The molecule has 0 unspecified atom stereocenters. The average Bonchev–Trinajstić information content (AvgIpc) is 2.46. The molecule has 0 aromatic heterocycles. The highest BCUT2D eigenvalue weighted by molar-refractivity contribution is 5.97. The Morgan fingerprint density at radius 3 is 2.30 bits per heavy atom. The standard InChI is InChI=1S/C17H22O3/c1-4-5-6-7-16(13(2)18)12-14-8-10-15(11-9-14)17(19)20-3/h8-12H,4-7H2,1-3H3/b16-12+. The summed E-state index contributed by atoms with van der Waals surface area (Å²) in [6, 6.07) is 7.08. The normalized spacial score (nSPS) is 11.2. The molecule has 20 heavy (non-hydrogen) atoms. The van der Waals surface area contributed by atoms with Gasteiger partial charge in [0.1, 0.15) is 0 Å². The van der Waals surface area contributed by atoms with E-state index in [9.17, 15) is 9.59 Å². The molecule has 0 saturated carbocycles. The highest BCUT2D eigenvalue weighted by Gasteiger charge is 2.06. The molecule has 1 aromatic rings. The lowest BCUT2D eigenvalue weighted by atomic mass is 10.0. The van der Waals surface area contributed by atoms with Crippen molar-refractivity contribution in [1.29, 1.82) is 0 Å². The first-order chi connectivity index (χ1) is 9.58. The first kappa shape index (κ1) is 16.2. The van der Waals surface area contributed by atoms with Crippen molar-refractivity contribution in [2.24, 2.45) is 0 Å². The van der Waals surface area contributed by atoms with Crippen molar-refractivity contribution < 1.29 is 14.3 Å². The Morgan fingerprint density at radius 1 is 1.15 bits per heavy atom. The topological polar surface area (TPSA) is 43.4 Å². The van der Waals surface area contributed by atoms with Crippen LogP contribution in [0.4, 0.5) is 0 Å². The number of hydrogen-bond acceptors (Lipinski definition) is 3. The Labute approximate surface area is 120 Å². The lowest BCUT2D eigenvalue weighted by molar-refractivity contribution is -0.113. The molecule has 1 rings (SSSR count). The van der Waals surface area contributed by atoms with E-state index in [0.29, 0.717) is 5.56 Å².